The molecule has 0 amide bonds. The Labute approximate surface area is 139 Å². The van der Waals surface area contributed by atoms with Gasteiger partial charge >= 0.3 is 5.97 Å². The monoisotopic (exact) mass is 334 g/mol. The van der Waals surface area contributed by atoms with E-state index in [-0.39, 0.29) is 24.8 Å². The van der Waals surface area contributed by atoms with Crippen LogP contribution in [0.15, 0.2) is 24.3 Å². The number of hydrogen-bond acceptors (Lipinski definition) is 3. The lowest BCUT2D eigenvalue weighted by Crippen LogP contribution is -2.28. The Bertz CT molecular complexity index is 449. The van der Waals surface area contributed by atoms with Crippen LogP contribution in [0.3, 0.4) is 0 Å². The molecule has 5 heteroatoms. The summed E-state index contributed by atoms with van der Waals surface area (Å²) in [5, 5.41) is 0. The summed E-state index contributed by atoms with van der Waals surface area (Å²) in [5.74, 6) is 1.04. The lowest BCUT2D eigenvalue weighted by Gasteiger charge is -2.35. The third-order valence-corrected chi connectivity index (χ3v) is 3.88. The zero-order valence-corrected chi connectivity index (χ0v) is 14.3. The smallest absolute Gasteiger partial charge is 0.299 e. The molecular formula is C16H24Cl2O3. The van der Waals surface area contributed by atoms with Crippen LogP contribution in [0.2, 0.25) is 0 Å². The topological polar surface area (TPSA) is 35.5 Å². The number of fused-ring (bicyclic) bond motifs is 1. The van der Waals surface area contributed by atoms with Crippen molar-refractivity contribution in [3.8, 4) is 0 Å². The summed E-state index contributed by atoms with van der Waals surface area (Å²) < 4.78 is 0. The maximum atomic E-state index is 10.8. The summed E-state index contributed by atoms with van der Waals surface area (Å²) >= 11 is 0. The molecule has 2 atom stereocenters. The van der Waals surface area contributed by atoms with Crippen molar-refractivity contribution in [1.82, 2.24) is 0 Å². The first kappa shape index (κ1) is 20.2. The molecule has 1 aliphatic rings. The molecule has 3 nitrogen and oxygen atoms in total. The lowest BCUT2D eigenvalue weighted by molar-refractivity contribution is -0.277. The van der Waals surface area contributed by atoms with Crippen LogP contribution in [-0.2, 0) is 21.0 Å². The van der Waals surface area contributed by atoms with E-state index in [0.717, 1.165) is 12.8 Å². The van der Waals surface area contributed by atoms with E-state index < -0.39 is 5.97 Å². The van der Waals surface area contributed by atoms with Gasteiger partial charge in [-0.2, -0.15) is 4.89 Å². The molecule has 0 bridgehead atoms. The van der Waals surface area contributed by atoms with E-state index in [9.17, 15) is 4.79 Å². The zero-order chi connectivity index (χ0) is 13.8. The van der Waals surface area contributed by atoms with Gasteiger partial charge in [0.1, 0.15) is 0 Å². The highest BCUT2D eigenvalue weighted by Crippen LogP contribution is 2.41. The van der Waals surface area contributed by atoms with Gasteiger partial charge in [-0.05, 0) is 41.7 Å². The van der Waals surface area contributed by atoms with Gasteiger partial charge in [0.25, 0.3) is 0 Å². The van der Waals surface area contributed by atoms with Crippen molar-refractivity contribution in [1.29, 1.82) is 0 Å². The molecule has 0 saturated carbocycles. The van der Waals surface area contributed by atoms with Gasteiger partial charge in [-0.15, -0.1) is 24.8 Å². The molecular weight excluding hydrogens is 311 g/mol. The maximum Gasteiger partial charge on any atom is 0.339 e. The van der Waals surface area contributed by atoms with Crippen molar-refractivity contribution < 1.29 is 14.6 Å². The molecule has 0 aliphatic heterocycles. The van der Waals surface area contributed by atoms with Gasteiger partial charge in [-0.3, -0.25) is 4.89 Å². The molecule has 1 aromatic carbocycles. The first-order valence-electron chi connectivity index (χ1n) is 6.97. The molecule has 0 spiro atoms. The Morgan fingerprint density at radius 2 is 1.95 bits per heavy atom. The highest BCUT2D eigenvalue weighted by molar-refractivity contribution is 5.85. The van der Waals surface area contributed by atoms with Crippen molar-refractivity contribution in [3.05, 3.63) is 35.4 Å². The van der Waals surface area contributed by atoms with Gasteiger partial charge in [-0.1, -0.05) is 38.1 Å². The first-order chi connectivity index (χ1) is 9.09. The van der Waals surface area contributed by atoms with Crippen molar-refractivity contribution in [3.63, 3.8) is 0 Å². The predicted octanol–water partition coefficient (Wildman–Crippen LogP) is 4.33. The highest BCUT2D eigenvalue weighted by Gasteiger charge is 2.32. The average Bonchev–Trinajstić information content (AvgIpc) is 2.37. The maximum absolute atomic E-state index is 10.8. The van der Waals surface area contributed by atoms with E-state index >= 15 is 0 Å². The number of benzene rings is 1. The molecule has 0 heterocycles. The number of aryl methyl sites for hydroxylation is 1. The number of carbonyl (C=O) groups excluding carboxylic acids is 1. The fourth-order valence-electron chi connectivity index (χ4n) is 3.16. The van der Waals surface area contributed by atoms with E-state index in [4.69, 9.17) is 4.89 Å². The number of halogens is 2. The number of carbonyl (C=O) groups is 1. The zero-order valence-electron chi connectivity index (χ0n) is 12.7. The number of hydrogen-bond donors (Lipinski definition) is 0. The first-order valence-corrected chi connectivity index (χ1v) is 6.97. The summed E-state index contributed by atoms with van der Waals surface area (Å²) in [6.07, 6.45) is 2.16. The molecule has 0 fully saturated rings. The molecule has 120 valence electrons. The summed E-state index contributed by atoms with van der Waals surface area (Å²) in [7, 11) is 0. The Morgan fingerprint density at radius 1 is 1.29 bits per heavy atom. The minimum Gasteiger partial charge on any atom is -0.299 e. The lowest BCUT2D eigenvalue weighted by atomic mass is 9.70. The Balaban J connectivity index is 0.00000200. The predicted molar refractivity (Wildman–Crippen MR) is 88.0 cm³/mol. The van der Waals surface area contributed by atoms with Crippen LogP contribution < -0.4 is 0 Å². The van der Waals surface area contributed by atoms with Gasteiger partial charge in [0.05, 0.1) is 6.61 Å². The fraction of sp³-hybridized carbons (Fsp3) is 0.562. The summed E-state index contributed by atoms with van der Waals surface area (Å²) in [5.41, 5.74) is 2.88. The normalized spacial score (nSPS) is 20.0. The molecule has 1 aliphatic carbocycles. The van der Waals surface area contributed by atoms with E-state index in [1.807, 2.05) is 0 Å². The van der Waals surface area contributed by atoms with Crippen LogP contribution in [0.4, 0.5) is 0 Å². The SMILES string of the molecule is CC(=O)OOCC1CCc2ccccc2C1C(C)C.Cl.Cl. The van der Waals surface area contributed by atoms with E-state index in [0.29, 0.717) is 24.4 Å². The largest absolute Gasteiger partial charge is 0.339 e. The van der Waals surface area contributed by atoms with Gasteiger partial charge in [-0.25, -0.2) is 4.79 Å². The molecule has 2 rings (SSSR count). The van der Waals surface area contributed by atoms with E-state index in [1.54, 1.807) is 0 Å². The van der Waals surface area contributed by atoms with Crippen LogP contribution in [0.25, 0.3) is 0 Å². The third-order valence-electron chi connectivity index (χ3n) is 3.88. The fourth-order valence-corrected chi connectivity index (χ4v) is 3.16. The minimum atomic E-state index is -0.391. The standard InChI is InChI=1S/C16H22O3.2ClH/c1-11(2)16-14(10-18-19-12(3)17)9-8-13-6-4-5-7-15(13)16;;/h4-7,11,14,16H,8-10H2,1-3H3;2*1H. The van der Waals surface area contributed by atoms with Gasteiger partial charge in [0.2, 0.25) is 0 Å². The van der Waals surface area contributed by atoms with Gasteiger partial charge in [0, 0.05) is 6.92 Å². The highest BCUT2D eigenvalue weighted by atomic mass is 35.5. The quantitative estimate of drug-likeness (QED) is 0.607. The summed E-state index contributed by atoms with van der Waals surface area (Å²) in [4.78, 5) is 20.5. The van der Waals surface area contributed by atoms with E-state index in [2.05, 4.69) is 43.0 Å². The van der Waals surface area contributed by atoms with Crippen molar-refractivity contribution >= 4 is 30.8 Å². The van der Waals surface area contributed by atoms with Crippen molar-refractivity contribution in [2.75, 3.05) is 6.61 Å². The van der Waals surface area contributed by atoms with E-state index in [1.165, 1.54) is 18.1 Å². The number of rotatable bonds is 4. The second-order valence-electron chi connectivity index (χ2n) is 5.63. The van der Waals surface area contributed by atoms with Crippen LogP contribution in [0.1, 0.15) is 44.2 Å². The molecule has 2 unspecified atom stereocenters. The van der Waals surface area contributed by atoms with Crippen LogP contribution >= 0.6 is 24.8 Å². The molecule has 21 heavy (non-hydrogen) atoms. The Kier molecular flexibility index (Phi) is 8.95. The van der Waals surface area contributed by atoms with Gasteiger partial charge < -0.3 is 0 Å². The van der Waals surface area contributed by atoms with Crippen LogP contribution in [0.5, 0.6) is 0 Å². The molecule has 0 radical (unpaired) electrons. The second-order valence-corrected chi connectivity index (χ2v) is 5.63. The van der Waals surface area contributed by atoms with Gasteiger partial charge in [0.15, 0.2) is 0 Å². The third kappa shape index (κ3) is 5.17. The molecule has 0 saturated heterocycles. The molecule has 1 aromatic rings. The Morgan fingerprint density at radius 3 is 2.57 bits per heavy atom. The molecule has 0 N–H and O–H groups in total. The average molecular weight is 335 g/mol. The minimum absolute atomic E-state index is 0. The van der Waals surface area contributed by atoms with Crippen molar-refractivity contribution in [2.24, 2.45) is 11.8 Å². The van der Waals surface area contributed by atoms with Crippen molar-refractivity contribution in [2.45, 2.75) is 39.5 Å². The Hall–Kier alpha value is -0.770. The summed E-state index contributed by atoms with van der Waals surface area (Å²) in [6.45, 7) is 6.32. The van der Waals surface area contributed by atoms with Crippen LogP contribution in [-0.4, -0.2) is 12.6 Å². The molecule has 0 aromatic heterocycles. The second kappa shape index (κ2) is 9.29. The summed E-state index contributed by atoms with van der Waals surface area (Å²) in [6, 6.07) is 8.64. The van der Waals surface area contributed by atoms with Crippen LogP contribution in [0, 0.1) is 11.8 Å².